The van der Waals surface area contributed by atoms with Crippen molar-refractivity contribution in [3.05, 3.63) is 0 Å². The van der Waals surface area contributed by atoms with Gasteiger partial charge in [-0.2, -0.15) is 0 Å². The summed E-state index contributed by atoms with van der Waals surface area (Å²) in [5.41, 5.74) is 0.120. The van der Waals surface area contributed by atoms with Gasteiger partial charge >= 0.3 is 0 Å². The molecule has 2 nitrogen and oxygen atoms in total. The van der Waals surface area contributed by atoms with Crippen LogP contribution in [0.4, 0.5) is 0 Å². The van der Waals surface area contributed by atoms with Gasteiger partial charge in [0.2, 0.25) is 0 Å². The molecule has 0 spiro atoms. The Hall–Kier alpha value is 0.210. The van der Waals surface area contributed by atoms with Crippen LogP contribution in [0.15, 0.2) is 0 Å². The molecule has 1 rings (SSSR count). The minimum Gasteiger partial charge on any atom is -0.392 e. The highest BCUT2D eigenvalue weighted by Gasteiger charge is 2.30. The maximum atomic E-state index is 9.49. The molecule has 0 radical (unpaired) electrons. The van der Waals surface area contributed by atoms with Crippen molar-refractivity contribution < 1.29 is 5.11 Å². The number of β-amino-alcohol motifs (C(OH)–C–C–N with tert-alkyl or cyclic N) is 1. The van der Waals surface area contributed by atoms with E-state index in [0.717, 1.165) is 19.5 Å². The zero-order valence-corrected chi connectivity index (χ0v) is 8.80. The molecule has 0 aromatic heterocycles. The first-order valence-corrected chi connectivity index (χ1v) is 4.90. The number of aliphatic hydroxyl groups excluding tert-OH is 1. The summed E-state index contributed by atoms with van der Waals surface area (Å²) in [7, 11) is 0. The first-order valence-electron chi connectivity index (χ1n) is 4.47. The molecule has 1 saturated heterocycles. The van der Waals surface area contributed by atoms with Crippen molar-refractivity contribution in [2.75, 3.05) is 13.1 Å². The second kappa shape index (κ2) is 3.52. The van der Waals surface area contributed by atoms with Crippen LogP contribution >= 0.6 is 11.6 Å². The molecule has 0 aromatic rings. The number of halogens is 1. The lowest BCUT2D eigenvalue weighted by atomic mass is 9.99. The smallest absolute Gasteiger partial charge is 0.0681 e. The first-order chi connectivity index (χ1) is 5.39. The Bertz CT molecular complexity index is 145. The summed E-state index contributed by atoms with van der Waals surface area (Å²) in [4.78, 5) is 2.23. The number of alkyl halides is 1. The van der Waals surface area contributed by atoms with Crippen molar-refractivity contribution in [3.63, 3.8) is 0 Å². The number of aliphatic hydroxyl groups is 1. The fourth-order valence-corrected chi connectivity index (χ4v) is 1.93. The van der Waals surface area contributed by atoms with Crippen molar-refractivity contribution in [1.82, 2.24) is 4.90 Å². The van der Waals surface area contributed by atoms with Crippen LogP contribution in [0.5, 0.6) is 0 Å². The van der Waals surface area contributed by atoms with Gasteiger partial charge in [-0.05, 0) is 27.2 Å². The topological polar surface area (TPSA) is 23.5 Å². The molecule has 72 valence electrons. The summed E-state index contributed by atoms with van der Waals surface area (Å²) in [6.07, 6.45) is 0.481. The van der Waals surface area contributed by atoms with Crippen molar-refractivity contribution in [3.8, 4) is 0 Å². The average molecular weight is 192 g/mol. The lowest BCUT2D eigenvalue weighted by molar-refractivity contribution is 0.0244. The second-order valence-electron chi connectivity index (χ2n) is 4.56. The maximum absolute atomic E-state index is 9.49. The summed E-state index contributed by atoms with van der Waals surface area (Å²) in [5.74, 6) is 0. The molecular formula is C9H18ClNO. The minimum absolute atomic E-state index is 0.105. The van der Waals surface area contributed by atoms with E-state index in [1.54, 1.807) is 0 Å². The van der Waals surface area contributed by atoms with Gasteiger partial charge in [0, 0.05) is 24.0 Å². The monoisotopic (exact) mass is 191 g/mol. The summed E-state index contributed by atoms with van der Waals surface area (Å²) < 4.78 is 0. The summed E-state index contributed by atoms with van der Waals surface area (Å²) >= 11 is 6.01. The number of likely N-dealkylation sites (tertiary alicyclic amines) is 1. The average Bonchev–Trinajstić information content (AvgIpc) is 1.82. The van der Waals surface area contributed by atoms with E-state index >= 15 is 0 Å². The van der Waals surface area contributed by atoms with Crippen molar-refractivity contribution in [2.24, 2.45) is 0 Å². The van der Waals surface area contributed by atoms with Gasteiger partial charge in [0.05, 0.1) is 6.10 Å². The van der Waals surface area contributed by atoms with Gasteiger partial charge in [-0.1, -0.05) is 0 Å². The van der Waals surface area contributed by atoms with Crippen LogP contribution in [0.25, 0.3) is 0 Å². The number of hydrogen-bond donors (Lipinski definition) is 1. The molecule has 0 saturated carbocycles. The lowest BCUT2D eigenvalue weighted by Gasteiger charge is -2.41. The maximum Gasteiger partial charge on any atom is 0.0681 e. The van der Waals surface area contributed by atoms with E-state index in [1.807, 2.05) is 0 Å². The fourth-order valence-electron chi connectivity index (χ4n) is 1.56. The van der Waals surface area contributed by atoms with Gasteiger partial charge in [0.25, 0.3) is 0 Å². The van der Waals surface area contributed by atoms with Crippen LogP contribution in [0, 0.1) is 0 Å². The van der Waals surface area contributed by atoms with Crippen molar-refractivity contribution in [1.29, 1.82) is 0 Å². The van der Waals surface area contributed by atoms with E-state index in [0.29, 0.717) is 0 Å². The fraction of sp³-hybridized carbons (Fsp3) is 1.00. The van der Waals surface area contributed by atoms with Crippen LogP contribution in [-0.2, 0) is 0 Å². The third-order valence-corrected chi connectivity index (χ3v) is 2.64. The van der Waals surface area contributed by atoms with E-state index in [1.165, 1.54) is 0 Å². The highest BCUT2D eigenvalue weighted by molar-refractivity contribution is 6.20. The van der Waals surface area contributed by atoms with Crippen LogP contribution in [0.2, 0.25) is 0 Å². The molecule has 1 N–H and O–H groups in total. The number of piperidine rings is 1. The molecule has 3 heteroatoms. The Morgan fingerprint density at radius 2 is 1.92 bits per heavy atom. The van der Waals surface area contributed by atoms with Gasteiger partial charge in [0.1, 0.15) is 0 Å². The van der Waals surface area contributed by atoms with Crippen molar-refractivity contribution in [2.45, 2.75) is 44.2 Å². The summed E-state index contributed by atoms with van der Waals surface area (Å²) in [6.45, 7) is 8.09. The zero-order chi connectivity index (χ0) is 9.35. The number of hydrogen-bond acceptors (Lipinski definition) is 2. The number of nitrogens with zero attached hydrogens (tertiary/aromatic N) is 1. The minimum atomic E-state index is -0.250. The van der Waals surface area contributed by atoms with E-state index in [-0.39, 0.29) is 17.0 Å². The molecule has 1 heterocycles. The van der Waals surface area contributed by atoms with E-state index < -0.39 is 0 Å². The van der Waals surface area contributed by atoms with Gasteiger partial charge in [-0.15, -0.1) is 11.6 Å². The third-order valence-electron chi connectivity index (χ3n) is 2.33. The van der Waals surface area contributed by atoms with Gasteiger partial charge in [-0.25, -0.2) is 0 Å². The summed E-state index contributed by atoms with van der Waals surface area (Å²) in [6, 6.07) is 0. The quantitative estimate of drug-likeness (QED) is 0.586. The molecule has 0 aliphatic carbocycles. The number of rotatable bonds is 0. The predicted molar refractivity (Wildman–Crippen MR) is 51.6 cm³/mol. The highest BCUT2D eigenvalue weighted by Crippen LogP contribution is 2.22. The van der Waals surface area contributed by atoms with Gasteiger partial charge < -0.3 is 5.11 Å². The standard InChI is InChI=1S/C9H18ClNO/c1-9(2,3)11-5-7(10)4-8(12)6-11/h7-8,12H,4-6H2,1-3H3. The molecule has 0 aromatic carbocycles. The molecule has 0 bridgehead atoms. The molecule has 0 amide bonds. The largest absolute Gasteiger partial charge is 0.392 e. The normalized spacial score (nSPS) is 33.8. The summed E-state index contributed by atoms with van der Waals surface area (Å²) in [5, 5.41) is 9.59. The zero-order valence-electron chi connectivity index (χ0n) is 8.05. The molecule has 2 unspecified atom stereocenters. The van der Waals surface area contributed by atoms with Crippen LogP contribution in [-0.4, -0.2) is 40.1 Å². The molecule has 1 fully saturated rings. The Morgan fingerprint density at radius 1 is 1.33 bits per heavy atom. The van der Waals surface area contributed by atoms with Gasteiger partial charge in [0.15, 0.2) is 0 Å². The van der Waals surface area contributed by atoms with Crippen molar-refractivity contribution >= 4 is 11.6 Å². The SMILES string of the molecule is CC(C)(C)N1CC(O)CC(Cl)C1. The van der Waals surface area contributed by atoms with Crippen LogP contribution < -0.4 is 0 Å². The molecule has 1 aliphatic rings. The molecule has 12 heavy (non-hydrogen) atoms. The predicted octanol–water partition coefficient (Wildman–Crippen LogP) is 1.46. The Labute approximate surface area is 79.5 Å². The van der Waals surface area contributed by atoms with E-state index in [9.17, 15) is 5.11 Å². The first kappa shape index (κ1) is 10.3. The molecule has 2 atom stereocenters. The van der Waals surface area contributed by atoms with E-state index in [2.05, 4.69) is 25.7 Å². The van der Waals surface area contributed by atoms with Gasteiger partial charge in [-0.3, -0.25) is 4.90 Å². The lowest BCUT2D eigenvalue weighted by Crippen LogP contribution is -2.52. The molecular weight excluding hydrogens is 174 g/mol. The van der Waals surface area contributed by atoms with Crippen LogP contribution in [0.1, 0.15) is 27.2 Å². The Morgan fingerprint density at radius 3 is 2.33 bits per heavy atom. The van der Waals surface area contributed by atoms with E-state index in [4.69, 9.17) is 11.6 Å². The van der Waals surface area contributed by atoms with Crippen LogP contribution in [0.3, 0.4) is 0 Å². The second-order valence-corrected chi connectivity index (χ2v) is 5.18. The Balaban J connectivity index is 2.55. The third kappa shape index (κ3) is 2.61. The highest BCUT2D eigenvalue weighted by atomic mass is 35.5. The molecule has 1 aliphatic heterocycles. The Kier molecular flexibility index (Phi) is 3.02.